The number of aromatic nitrogens is 1. The van der Waals surface area contributed by atoms with Crippen molar-refractivity contribution in [2.75, 3.05) is 5.43 Å². The standard InChI is InChI=1S/C8H4ClF6N3/c9-5-1-4(8(13,14)15)2-16-6(5)18-17-3-7(10,11)12/h1-3H,(H,16,18)/b17-3-. The van der Waals surface area contributed by atoms with Crippen molar-refractivity contribution in [2.45, 2.75) is 12.4 Å². The number of pyridine rings is 1. The van der Waals surface area contributed by atoms with Crippen LogP contribution in [0.25, 0.3) is 0 Å². The third kappa shape index (κ3) is 4.40. The summed E-state index contributed by atoms with van der Waals surface area (Å²) in [5, 5.41) is 2.24. The van der Waals surface area contributed by atoms with Crippen LogP contribution in [0.2, 0.25) is 5.02 Å². The molecule has 0 saturated heterocycles. The number of nitrogens with one attached hydrogen (secondary N) is 1. The quantitative estimate of drug-likeness (QED) is 0.512. The molecule has 0 atom stereocenters. The molecule has 1 rings (SSSR count). The summed E-state index contributed by atoms with van der Waals surface area (Å²) >= 11 is 5.41. The highest BCUT2D eigenvalue weighted by Gasteiger charge is 2.31. The van der Waals surface area contributed by atoms with Crippen LogP contribution >= 0.6 is 11.6 Å². The van der Waals surface area contributed by atoms with Gasteiger partial charge >= 0.3 is 12.4 Å². The molecular weight excluding hydrogens is 288 g/mol. The minimum Gasteiger partial charge on any atom is -0.260 e. The Morgan fingerprint density at radius 3 is 2.28 bits per heavy atom. The summed E-state index contributed by atoms with van der Waals surface area (Å²) in [6, 6.07) is 0.528. The fraction of sp³-hybridized carbons (Fsp3) is 0.250. The first-order chi connectivity index (χ1) is 8.09. The van der Waals surface area contributed by atoms with Crippen LogP contribution in [0.5, 0.6) is 0 Å². The number of hydrogen-bond acceptors (Lipinski definition) is 3. The lowest BCUT2D eigenvalue weighted by Crippen LogP contribution is -2.10. The molecule has 100 valence electrons. The summed E-state index contributed by atoms with van der Waals surface area (Å²) in [6.07, 6.45) is -9.24. The van der Waals surface area contributed by atoms with Crippen molar-refractivity contribution in [1.29, 1.82) is 0 Å². The highest BCUT2D eigenvalue weighted by Crippen LogP contribution is 2.32. The Hall–Kier alpha value is -1.51. The molecule has 0 aliphatic rings. The molecule has 0 bridgehead atoms. The Bertz CT molecular complexity index is 453. The average Bonchev–Trinajstić information content (AvgIpc) is 2.17. The first kappa shape index (κ1) is 14.6. The second-order valence-electron chi connectivity index (χ2n) is 2.96. The lowest BCUT2D eigenvalue weighted by molar-refractivity contribution is -0.137. The van der Waals surface area contributed by atoms with E-state index in [1.807, 2.05) is 0 Å². The Balaban J connectivity index is 2.84. The van der Waals surface area contributed by atoms with Gasteiger partial charge in [-0.1, -0.05) is 11.6 Å². The predicted molar refractivity (Wildman–Crippen MR) is 52.4 cm³/mol. The predicted octanol–water partition coefficient (Wildman–Crippen LogP) is 3.71. The van der Waals surface area contributed by atoms with Crippen molar-refractivity contribution in [3.63, 3.8) is 0 Å². The fourth-order valence-corrected chi connectivity index (χ4v) is 1.05. The average molecular weight is 292 g/mol. The molecule has 0 saturated carbocycles. The van der Waals surface area contributed by atoms with Crippen LogP contribution in [-0.2, 0) is 6.18 Å². The summed E-state index contributed by atoms with van der Waals surface area (Å²) in [4.78, 5) is 3.22. The zero-order chi connectivity index (χ0) is 14.0. The maximum atomic E-state index is 12.2. The van der Waals surface area contributed by atoms with E-state index in [-0.39, 0.29) is 6.21 Å². The smallest absolute Gasteiger partial charge is 0.260 e. The Labute approximate surface area is 101 Å². The second kappa shape index (κ2) is 5.01. The van der Waals surface area contributed by atoms with Crippen LogP contribution in [-0.4, -0.2) is 17.4 Å². The summed E-state index contributed by atoms with van der Waals surface area (Å²) in [6.45, 7) is 0. The van der Waals surface area contributed by atoms with Gasteiger partial charge in [-0.15, -0.1) is 0 Å². The fourth-order valence-electron chi connectivity index (χ4n) is 0.842. The molecule has 0 fully saturated rings. The first-order valence-corrected chi connectivity index (χ1v) is 4.57. The highest BCUT2D eigenvalue weighted by molar-refractivity contribution is 6.32. The van der Waals surface area contributed by atoms with Gasteiger partial charge in [-0.2, -0.15) is 31.4 Å². The highest BCUT2D eigenvalue weighted by atomic mass is 35.5. The van der Waals surface area contributed by atoms with E-state index in [1.54, 1.807) is 5.43 Å². The molecular formula is C8H4ClF6N3. The van der Waals surface area contributed by atoms with E-state index in [4.69, 9.17) is 11.6 Å². The van der Waals surface area contributed by atoms with Crippen molar-refractivity contribution in [3.05, 3.63) is 22.8 Å². The van der Waals surface area contributed by atoms with Crippen LogP contribution in [0.3, 0.4) is 0 Å². The van der Waals surface area contributed by atoms with Gasteiger partial charge in [0.25, 0.3) is 0 Å². The molecule has 1 aromatic rings. The first-order valence-electron chi connectivity index (χ1n) is 4.19. The summed E-state index contributed by atoms with van der Waals surface area (Å²) in [5.41, 5.74) is 0.674. The van der Waals surface area contributed by atoms with Crippen molar-refractivity contribution in [3.8, 4) is 0 Å². The molecule has 1 N–H and O–H groups in total. The number of halogens is 7. The molecule has 0 radical (unpaired) electrons. The Morgan fingerprint density at radius 2 is 1.83 bits per heavy atom. The van der Waals surface area contributed by atoms with E-state index in [2.05, 4.69) is 10.1 Å². The normalized spacial score (nSPS) is 13.1. The molecule has 18 heavy (non-hydrogen) atoms. The largest absolute Gasteiger partial charge is 0.428 e. The van der Waals surface area contributed by atoms with Crippen LogP contribution in [0.1, 0.15) is 5.56 Å². The molecule has 0 unspecified atom stereocenters. The maximum absolute atomic E-state index is 12.2. The molecule has 1 aromatic heterocycles. The topological polar surface area (TPSA) is 37.3 Å². The van der Waals surface area contributed by atoms with Gasteiger partial charge in [0.05, 0.1) is 10.6 Å². The molecule has 0 aliphatic carbocycles. The van der Waals surface area contributed by atoms with Crippen LogP contribution in [0.15, 0.2) is 17.4 Å². The number of hydrogen-bond donors (Lipinski definition) is 1. The van der Waals surface area contributed by atoms with E-state index in [9.17, 15) is 26.3 Å². The molecule has 1 heterocycles. The number of rotatable bonds is 2. The SMILES string of the molecule is FC(F)(F)/C=N\Nc1ncc(C(F)(F)F)cc1Cl. The van der Waals surface area contributed by atoms with Gasteiger partial charge < -0.3 is 0 Å². The van der Waals surface area contributed by atoms with Gasteiger partial charge in [-0.3, -0.25) is 5.43 Å². The van der Waals surface area contributed by atoms with Crippen molar-refractivity contribution < 1.29 is 26.3 Å². The number of nitrogens with zero attached hydrogens (tertiary/aromatic N) is 2. The van der Waals surface area contributed by atoms with Gasteiger partial charge in [0.2, 0.25) is 0 Å². The molecule has 0 aromatic carbocycles. The molecule has 0 amide bonds. The zero-order valence-corrected chi connectivity index (χ0v) is 9.03. The van der Waals surface area contributed by atoms with Gasteiger partial charge in [0.1, 0.15) is 6.21 Å². The van der Waals surface area contributed by atoms with Gasteiger partial charge in [-0.25, -0.2) is 4.98 Å². The maximum Gasteiger partial charge on any atom is 0.428 e. The van der Waals surface area contributed by atoms with E-state index in [0.717, 1.165) is 0 Å². The Morgan fingerprint density at radius 1 is 1.22 bits per heavy atom. The van der Waals surface area contributed by atoms with Crippen molar-refractivity contribution >= 4 is 23.6 Å². The third-order valence-electron chi connectivity index (χ3n) is 1.55. The lowest BCUT2D eigenvalue weighted by atomic mass is 10.3. The van der Waals surface area contributed by atoms with Crippen LogP contribution in [0.4, 0.5) is 32.2 Å². The van der Waals surface area contributed by atoms with Crippen molar-refractivity contribution in [1.82, 2.24) is 4.98 Å². The minimum atomic E-state index is -4.65. The molecule has 3 nitrogen and oxygen atoms in total. The molecule has 0 spiro atoms. The second-order valence-corrected chi connectivity index (χ2v) is 3.37. The van der Waals surface area contributed by atoms with E-state index in [0.29, 0.717) is 12.3 Å². The van der Waals surface area contributed by atoms with Crippen LogP contribution < -0.4 is 5.43 Å². The molecule has 10 heteroatoms. The monoisotopic (exact) mass is 291 g/mol. The number of hydrazone groups is 1. The van der Waals surface area contributed by atoms with Crippen molar-refractivity contribution in [2.24, 2.45) is 5.10 Å². The summed E-state index contributed by atoms with van der Waals surface area (Å²) in [5.74, 6) is -0.412. The zero-order valence-electron chi connectivity index (χ0n) is 8.27. The van der Waals surface area contributed by atoms with E-state index in [1.165, 1.54) is 0 Å². The van der Waals surface area contributed by atoms with E-state index >= 15 is 0 Å². The van der Waals surface area contributed by atoms with Gasteiger partial charge in [-0.05, 0) is 6.07 Å². The minimum absolute atomic E-state index is 0.386. The third-order valence-corrected chi connectivity index (χ3v) is 1.84. The van der Waals surface area contributed by atoms with Crippen LogP contribution in [0, 0.1) is 0 Å². The summed E-state index contributed by atoms with van der Waals surface area (Å²) in [7, 11) is 0. The Kier molecular flexibility index (Phi) is 4.05. The molecule has 0 aliphatic heterocycles. The summed E-state index contributed by atoms with van der Waals surface area (Å²) < 4.78 is 71.7. The number of anilines is 1. The van der Waals surface area contributed by atoms with E-state index < -0.39 is 28.8 Å². The van der Waals surface area contributed by atoms with Gasteiger partial charge in [0.15, 0.2) is 5.82 Å². The number of alkyl halides is 6. The lowest BCUT2D eigenvalue weighted by Gasteiger charge is -2.08. The van der Waals surface area contributed by atoms with Gasteiger partial charge in [0, 0.05) is 6.20 Å².